The number of guanidine groups is 1. The van der Waals surface area contributed by atoms with Crippen molar-refractivity contribution in [3.8, 4) is 11.5 Å². The van der Waals surface area contributed by atoms with Gasteiger partial charge in [-0.05, 0) is 63.1 Å². The molecular weight excluding hydrogens is 448 g/mol. The lowest BCUT2D eigenvalue weighted by atomic mass is 9.85. The Bertz CT molecular complexity index is 1120. The fourth-order valence-corrected chi connectivity index (χ4v) is 4.70. The first-order valence-corrected chi connectivity index (χ1v) is 12.2. The number of benzene rings is 1. The fraction of sp³-hybridized carbons (Fsp3) is 0.500. The second-order valence-corrected chi connectivity index (χ2v) is 9.04. The molecule has 8 N–H and O–H groups in total. The highest BCUT2D eigenvalue weighted by Crippen LogP contribution is 2.43. The van der Waals surface area contributed by atoms with Crippen molar-refractivity contribution >= 4 is 23.4 Å². The third-order valence-electron chi connectivity index (χ3n) is 6.57. The van der Waals surface area contributed by atoms with Crippen LogP contribution in [0.2, 0.25) is 0 Å². The van der Waals surface area contributed by atoms with E-state index in [9.17, 15) is 9.59 Å². The van der Waals surface area contributed by atoms with Crippen molar-refractivity contribution in [3.63, 3.8) is 0 Å². The van der Waals surface area contributed by atoms with Crippen molar-refractivity contribution in [2.45, 2.75) is 51.0 Å². The predicted molar refractivity (Wildman–Crippen MR) is 134 cm³/mol. The van der Waals surface area contributed by atoms with Crippen LogP contribution in [0.1, 0.15) is 50.1 Å². The normalized spacial score (nSPS) is 18.4. The maximum Gasteiger partial charge on any atom is 0.350 e. The van der Waals surface area contributed by atoms with Crippen LogP contribution in [0, 0.1) is 11.3 Å². The molecule has 4 rings (SSSR count). The van der Waals surface area contributed by atoms with Gasteiger partial charge in [0.05, 0.1) is 11.9 Å². The predicted octanol–water partition coefficient (Wildman–Crippen LogP) is 1.70. The van der Waals surface area contributed by atoms with Gasteiger partial charge in [-0.1, -0.05) is 12.1 Å². The van der Waals surface area contributed by atoms with Gasteiger partial charge in [-0.25, -0.2) is 4.79 Å². The van der Waals surface area contributed by atoms with Gasteiger partial charge in [0.1, 0.15) is 0 Å². The van der Waals surface area contributed by atoms with Crippen LogP contribution >= 0.6 is 0 Å². The number of aromatic nitrogens is 2. The molecule has 0 saturated heterocycles. The highest BCUT2D eigenvalue weighted by Gasteiger charge is 2.29. The number of nitrogens with two attached hydrogens (primary N) is 2. The van der Waals surface area contributed by atoms with Crippen molar-refractivity contribution in [1.82, 2.24) is 20.2 Å². The van der Waals surface area contributed by atoms with Crippen molar-refractivity contribution in [3.05, 3.63) is 40.4 Å². The maximum atomic E-state index is 12.9. The van der Waals surface area contributed by atoms with E-state index < -0.39 is 0 Å². The average Bonchev–Trinajstić information content (AvgIpc) is 2.85. The Morgan fingerprint density at radius 3 is 2.69 bits per heavy atom. The third-order valence-corrected chi connectivity index (χ3v) is 6.57. The summed E-state index contributed by atoms with van der Waals surface area (Å²) in [4.78, 5) is 29.6. The van der Waals surface area contributed by atoms with Crippen LogP contribution in [0.25, 0.3) is 0 Å². The molecule has 1 aliphatic carbocycles. The van der Waals surface area contributed by atoms with E-state index in [1.54, 1.807) is 10.8 Å². The summed E-state index contributed by atoms with van der Waals surface area (Å²) in [6, 6.07) is 5.85. The molecular formula is C24H34N8O3. The molecule has 188 valence electrons. The minimum Gasteiger partial charge on any atom is -0.450 e. The zero-order chi connectivity index (χ0) is 24.8. The largest absolute Gasteiger partial charge is 0.450 e. The number of hydrogen-bond acceptors (Lipinski definition) is 7. The molecule has 11 heteroatoms. The molecule has 2 aromatic rings. The van der Waals surface area contributed by atoms with Crippen molar-refractivity contribution < 1.29 is 9.53 Å². The Hall–Kier alpha value is -3.60. The molecule has 1 aliphatic heterocycles. The van der Waals surface area contributed by atoms with Crippen LogP contribution in [0.15, 0.2) is 29.2 Å². The van der Waals surface area contributed by atoms with Gasteiger partial charge < -0.3 is 32.2 Å². The summed E-state index contributed by atoms with van der Waals surface area (Å²) < 4.78 is 7.76. The lowest BCUT2D eigenvalue weighted by Crippen LogP contribution is -2.37. The van der Waals surface area contributed by atoms with E-state index in [0.717, 1.165) is 36.9 Å². The number of para-hydroxylation sites is 1. The molecule has 1 amide bonds. The van der Waals surface area contributed by atoms with E-state index in [1.165, 1.54) is 0 Å². The Labute approximate surface area is 204 Å². The highest BCUT2D eigenvalue weighted by atomic mass is 16.5. The van der Waals surface area contributed by atoms with Crippen molar-refractivity contribution in [2.75, 3.05) is 25.0 Å². The SMILES string of the molecule is N=C(N)NCCCNC(=O)[C@H]1CC[C@H](n2cc3c(nc2=O)Nc2c(CCCN)cccc2O3)CC1. The second kappa shape index (κ2) is 11.2. The van der Waals surface area contributed by atoms with Gasteiger partial charge in [0.25, 0.3) is 0 Å². The summed E-state index contributed by atoms with van der Waals surface area (Å²) in [6.45, 7) is 1.69. The molecule has 2 heterocycles. The van der Waals surface area contributed by atoms with Gasteiger partial charge >= 0.3 is 5.69 Å². The molecule has 0 spiro atoms. The van der Waals surface area contributed by atoms with Crippen LogP contribution in [0.4, 0.5) is 11.5 Å². The fourth-order valence-electron chi connectivity index (χ4n) is 4.70. The van der Waals surface area contributed by atoms with Gasteiger partial charge in [-0.15, -0.1) is 0 Å². The number of carbonyl (C=O) groups is 1. The summed E-state index contributed by atoms with van der Waals surface area (Å²) in [7, 11) is 0. The smallest absolute Gasteiger partial charge is 0.350 e. The average molecular weight is 483 g/mol. The summed E-state index contributed by atoms with van der Waals surface area (Å²) >= 11 is 0. The molecule has 35 heavy (non-hydrogen) atoms. The molecule has 0 radical (unpaired) electrons. The minimum absolute atomic E-state index is 0.0231. The van der Waals surface area contributed by atoms with Gasteiger partial charge in [0, 0.05) is 25.0 Å². The van der Waals surface area contributed by atoms with E-state index >= 15 is 0 Å². The number of nitrogens with one attached hydrogen (secondary N) is 4. The first kappa shape index (κ1) is 24.5. The Morgan fingerprint density at radius 1 is 1.17 bits per heavy atom. The van der Waals surface area contributed by atoms with E-state index in [-0.39, 0.29) is 29.5 Å². The van der Waals surface area contributed by atoms with E-state index in [0.29, 0.717) is 56.2 Å². The quantitative estimate of drug-likeness (QED) is 0.152. The summed E-state index contributed by atoms with van der Waals surface area (Å²) in [5, 5.41) is 16.1. The van der Waals surface area contributed by atoms with Crippen molar-refractivity contribution in [2.24, 2.45) is 17.4 Å². The number of carbonyl (C=O) groups excluding carboxylic acids is 1. The Morgan fingerprint density at radius 2 is 1.94 bits per heavy atom. The summed E-state index contributed by atoms with van der Waals surface area (Å²) in [5.41, 5.74) is 12.5. The van der Waals surface area contributed by atoms with Gasteiger partial charge in [-0.2, -0.15) is 4.98 Å². The molecule has 1 saturated carbocycles. The van der Waals surface area contributed by atoms with Crippen LogP contribution in [-0.2, 0) is 11.2 Å². The van der Waals surface area contributed by atoms with Gasteiger partial charge in [0.15, 0.2) is 23.3 Å². The molecule has 0 atom stereocenters. The van der Waals surface area contributed by atoms with Crippen LogP contribution in [0.3, 0.4) is 0 Å². The molecule has 11 nitrogen and oxygen atoms in total. The second-order valence-electron chi connectivity index (χ2n) is 9.04. The highest BCUT2D eigenvalue weighted by molar-refractivity contribution is 5.78. The number of amides is 1. The van der Waals surface area contributed by atoms with Crippen LogP contribution in [0.5, 0.6) is 11.5 Å². The number of anilines is 2. The molecule has 0 bridgehead atoms. The number of aryl methyl sites for hydroxylation is 1. The number of rotatable bonds is 9. The zero-order valence-electron chi connectivity index (χ0n) is 19.8. The summed E-state index contributed by atoms with van der Waals surface area (Å²) in [5.74, 6) is 1.55. The molecule has 2 aliphatic rings. The standard InChI is InChI=1S/C24H34N8O3/c25-11-2-5-15-4-1-6-18-20(15)30-21-19(35-18)14-32(24(34)31-21)17-9-7-16(8-10-17)22(33)28-12-3-13-29-23(26)27/h1,4,6,14,16-17H,2-3,5,7-13,25H2,(H,28,33)(H4,26,27,29)(H,30,31,34)/t16-,17-. The number of ether oxygens (including phenoxy) is 1. The zero-order valence-corrected chi connectivity index (χ0v) is 19.8. The third kappa shape index (κ3) is 5.91. The topological polar surface area (TPSA) is 173 Å². The lowest BCUT2D eigenvalue weighted by molar-refractivity contribution is -0.126. The maximum absolute atomic E-state index is 12.9. The first-order valence-electron chi connectivity index (χ1n) is 12.2. The monoisotopic (exact) mass is 482 g/mol. The van der Waals surface area contributed by atoms with Gasteiger partial charge in [-0.3, -0.25) is 14.8 Å². The van der Waals surface area contributed by atoms with Crippen molar-refractivity contribution in [1.29, 1.82) is 5.41 Å². The lowest BCUT2D eigenvalue weighted by Gasteiger charge is -2.30. The van der Waals surface area contributed by atoms with E-state index in [2.05, 4.69) is 20.9 Å². The van der Waals surface area contributed by atoms with E-state index in [4.69, 9.17) is 21.6 Å². The van der Waals surface area contributed by atoms with E-state index in [1.807, 2.05) is 18.2 Å². The Kier molecular flexibility index (Phi) is 7.86. The molecule has 0 unspecified atom stereocenters. The Balaban J connectivity index is 1.36. The first-order chi connectivity index (χ1) is 17.0. The van der Waals surface area contributed by atoms with Crippen LogP contribution in [-0.4, -0.2) is 41.1 Å². The van der Waals surface area contributed by atoms with Crippen LogP contribution < -0.4 is 37.8 Å². The minimum atomic E-state index is -0.325. The summed E-state index contributed by atoms with van der Waals surface area (Å²) in [6.07, 6.45) is 6.96. The number of hydrogen-bond donors (Lipinski definition) is 6. The molecule has 1 aromatic carbocycles. The number of nitrogens with zero attached hydrogens (tertiary/aromatic N) is 2. The van der Waals surface area contributed by atoms with Gasteiger partial charge in [0.2, 0.25) is 5.91 Å². The number of fused-ring (bicyclic) bond motifs is 2. The molecule has 1 fully saturated rings. The molecule has 1 aromatic heterocycles.